The molecule has 0 bridgehead atoms. The van der Waals surface area contributed by atoms with Crippen LogP contribution in [0.2, 0.25) is 0 Å². The molecule has 24 heavy (non-hydrogen) atoms. The van der Waals surface area contributed by atoms with Gasteiger partial charge in [0.1, 0.15) is 0 Å². The molecule has 0 saturated carbocycles. The van der Waals surface area contributed by atoms with E-state index in [4.69, 9.17) is 5.73 Å². The van der Waals surface area contributed by atoms with Gasteiger partial charge in [-0.3, -0.25) is 0 Å². The van der Waals surface area contributed by atoms with E-state index in [1.54, 1.807) is 42.5 Å². The maximum atomic E-state index is 12.7. The SMILES string of the molecule is CN1CCCN(c2ccc(S(=O)(=O)c3ccccc3)c(N)c2)CC1. The molecule has 0 spiro atoms. The van der Waals surface area contributed by atoms with Gasteiger partial charge in [-0.2, -0.15) is 0 Å². The molecule has 3 rings (SSSR count). The van der Waals surface area contributed by atoms with Crippen molar-refractivity contribution >= 4 is 21.2 Å². The third kappa shape index (κ3) is 3.39. The van der Waals surface area contributed by atoms with Crippen molar-refractivity contribution in [2.24, 2.45) is 0 Å². The predicted octanol–water partition coefficient (Wildman–Crippen LogP) is 2.24. The molecule has 0 aliphatic carbocycles. The molecular formula is C18H23N3O2S. The van der Waals surface area contributed by atoms with E-state index in [2.05, 4.69) is 16.8 Å². The summed E-state index contributed by atoms with van der Waals surface area (Å²) in [6.45, 7) is 3.94. The first kappa shape index (κ1) is 16.8. The minimum Gasteiger partial charge on any atom is -0.398 e. The molecular weight excluding hydrogens is 322 g/mol. The van der Waals surface area contributed by atoms with Crippen molar-refractivity contribution in [3.05, 3.63) is 48.5 Å². The lowest BCUT2D eigenvalue weighted by molar-refractivity contribution is 0.360. The number of likely N-dealkylation sites (N-methyl/N-ethyl adjacent to an activating group) is 1. The maximum absolute atomic E-state index is 12.7. The van der Waals surface area contributed by atoms with Crippen molar-refractivity contribution in [1.29, 1.82) is 0 Å². The van der Waals surface area contributed by atoms with Crippen LogP contribution >= 0.6 is 0 Å². The summed E-state index contributed by atoms with van der Waals surface area (Å²) in [7, 11) is -1.47. The molecule has 1 heterocycles. The first-order valence-corrected chi connectivity index (χ1v) is 9.60. The summed E-state index contributed by atoms with van der Waals surface area (Å²) in [5.41, 5.74) is 7.38. The van der Waals surface area contributed by atoms with Gasteiger partial charge >= 0.3 is 0 Å². The molecule has 1 saturated heterocycles. The number of benzene rings is 2. The average molecular weight is 345 g/mol. The van der Waals surface area contributed by atoms with Crippen LogP contribution in [0.15, 0.2) is 58.3 Å². The summed E-state index contributed by atoms with van der Waals surface area (Å²) in [4.78, 5) is 5.00. The van der Waals surface area contributed by atoms with Crippen LogP contribution in [0.5, 0.6) is 0 Å². The zero-order valence-electron chi connectivity index (χ0n) is 13.9. The number of nitrogens with zero attached hydrogens (tertiary/aromatic N) is 2. The van der Waals surface area contributed by atoms with Crippen molar-refractivity contribution in [3.8, 4) is 0 Å². The molecule has 5 nitrogen and oxygen atoms in total. The molecule has 0 amide bonds. The van der Waals surface area contributed by atoms with Crippen LogP contribution in [0.1, 0.15) is 6.42 Å². The van der Waals surface area contributed by atoms with Gasteiger partial charge in [0.05, 0.1) is 15.5 Å². The Morgan fingerprint density at radius 3 is 2.42 bits per heavy atom. The van der Waals surface area contributed by atoms with E-state index >= 15 is 0 Å². The van der Waals surface area contributed by atoms with Crippen molar-refractivity contribution in [3.63, 3.8) is 0 Å². The smallest absolute Gasteiger partial charge is 0.208 e. The number of nitrogen functional groups attached to an aromatic ring is 1. The molecule has 128 valence electrons. The van der Waals surface area contributed by atoms with E-state index in [0.717, 1.165) is 38.3 Å². The van der Waals surface area contributed by atoms with E-state index in [1.807, 2.05) is 6.07 Å². The fraction of sp³-hybridized carbons (Fsp3) is 0.333. The van der Waals surface area contributed by atoms with Gasteiger partial charge in [-0.05, 0) is 50.3 Å². The molecule has 0 atom stereocenters. The molecule has 0 unspecified atom stereocenters. The van der Waals surface area contributed by atoms with Gasteiger partial charge < -0.3 is 15.5 Å². The molecule has 1 aliphatic rings. The Balaban J connectivity index is 1.90. The second-order valence-electron chi connectivity index (χ2n) is 6.18. The van der Waals surface area contributed by atoms with E-state index in [-0.39, 0.29) is 9.79 Å². The number of hydrogen-bond acceptors (Lipinski definition) is 5. The van der Waals surface area contributed by atoms with Gasteiger partial charge in [-0.1, -0.05) is 18.2 Å². The summed E-state index contributed by atoms with van der Waals surface area (Å²) in [6, 6.07) is 13.7. The van der Waals surface area contributed by atoms with Crippen LogP contribution in [0.25, 0.3) is 0 Å². The summed E-state index contributed by atoms with van der Waals surface area (Å²) < 4.78 is 25.5. The largest absolute Gasteiger partial charge is 0.398 e. The van der Waals surface area contributed by atoms with Crippen molar-refractivity contribution in [2.45, 2.75) is 16.2 Å². The van der Waals surface area contributed by atoms with Gasteiger partial charge in [-0.15, -0.1) is 0 Å². The number of hydrogen-bond donors (Lipinski definition) is 1. The lowest BCUT2D eigenvalue weighted by atomic mass is 10.2. The van der Waals surface area contributed by atoms with E-state index < -0.39 is 9.84 Å². The third-order valence-electron chi connectivity index (χ3n) is 4.42. The van der Waals surface area contributed by atoms with Gasteiger partial charge in [-0.25, -0.2) is 8.42 Å². The van der Waals surface area contributed by atoms with Crippen LogP contribution in [0.3, 0.4) is 0 Å². The highest BCUT2D eigenvalue weighted by atomic mass is 32.2. The van der Waals surface area contributed by atoms with Crippen LogP contribution < -0.4 is 10.6 Å². The van der Waals surface area contributed by atoms with Crippen LogP contribution in [0, 0.1) is 0 Å². The Morgan fingerprint density at radius 1 is 0.958 bits per heavy atom. The molecule has 0 aromatic heterocycles. The van der Waals surface area contributed by atoms with E-state index in [9.17, 15) is 8.42 Å². The summed E-state index contributed by atoms with van der Waals surface area (Å²) >= 11 is 0. The van der Waals surface area contributed by atoms with Gasteiger partial charge in [0.2, 0.25) is 9.84 Å². The standard InChI is InChI=1S/C18H23N3O2S/c1-20-10-5-11-21(13-12-20)15-8-9-18(17(19)14-15)24(22,23)16-6-3-2-4-7-16/h2-4,6-9,14H,5,10-13,19H2,1H3. The highest BCUT2D eigenvalue weighted by Gasteiger charge is 2.21. The fourth-order valence-electron chi connectivity index (χ4n) is 3.01. The second-order valence-corrected chi connectivity index (χ2v) is 8.10. The maximum Gasteiger partial charge on any atom is 0.208 e. The predicted molar refractivity (Wildman–Crippen MR) is 97.1 cm³/mol. The topological polar surface area (TPSA) is 66.6 Å². The normalized spacial score (nSPS) is 16.8. The Labute approximate surface area is 143 Å². The zero-order valence-corrected chi connectivity index (χ0v) is 14.7. The minimum absolute atomic E-state index is 0.171. The molecule has 2 N–H and O–H groups in total. The van der Waals surface area contributed by atoms with E-state index in [1.165, 1.54) is 0 Å². The molecule has 0 radical (unpaired) electrons. The zero-order chi connectivity index (χ0) is 17.2. The number of sulfone groups is 1. The highest BCUT2D eigenvalue weighted by Crippen LogP contribution is 2.29. The Bertz CT molecular complexity index is 806. The van der Waals surface area contributed by atoms with E-state index in [0.29, 0.717) is 5.69 Å². The first-order chi connectivity index (χ1) is 11.5. The molecule has 6 heteroatoms. The number of anilines is 2. The summed E-state index contributed by atoms with van der Waals surface area (Å²) in [5.74, 6) is 0. The van der Waals surface area contributed by atoms with Crippen molar-refractivity contribution < 1.29 is 8.42 Å². The van der Waals surface area contributed by atoms with Crippen molar-refractivity contribution in [2.75, 3.05) is 43.9 Å². The van der Waals surface area contributed by atoms with Gasteiger partial charge in [0.15, 0.2) is 0 Å². The minimum atomic E-state index is -3.58. The average Bonchev–Trinajstić information content (AvgIpc) is 2.80. The lowest BCUT2D eigenvalue weighted by Gasteiger charge is -2.23. The Morgan fingerprint density at radius 2 is 1.71 bits per heavy atom. The quantitative estimate of drug-likeness (QED) is 0.864. The Hall–Kier alpha value is -2.05. The second kappa shape index (κ2) is 6.83. The fourth-order valence-corrected chi connectivity index (χ4v) is 4.39. The van der Waals surface area contributed by atoms with Gasteiger partial charge in [0, 0.05) is 25.3 Å². The monoisotopic (exact) mass is 345 g/mol. The third-order valence-corrected chi connectivity index (χ3v) is 6.26. The van der Waals surface area contributed by atoms with Crippen LogP contribution in [0.4, 0.5) is 11.4 Å². The molecule has 2 aromatic rings. The van der Waals surface area contributed by atoms with Crippen molar-refractivity contribution in [1.82, 2.24) is 4.90 Å². The highest BCUT2D eigenvalue weighted by molar-refractivity contribution is 7.91. The van der Waals surface area contributed by atoms with Gasteiger partial charge in [0.25, 0.3) is 0 Å². The van der Waals surface area contributed by atoms with Crippen LogP contribution in [-0.4, -0.2) is 46.5 Å². The summed E-state index contributed by atoms with van der Waals surface area (Å²) in [5, 5.41) is 0. The lowest BCUT2D eigenvalue weighted by Crippen LogP contribution is -2.28. The summed E-state index contributed by atoms with van der Waals surface area (Å²) in [6.07, 6.45) is 1.08. The number of rotatable bonds is 3. The molecule has 2 aromatic carbocycles. The molecule has 1 fully saturated rings. The Kier molecular flexibility index (Phi) is 4.78. The first-order valence-electron chi connectivity index (χ1n) is 8.11. The molecule has 1 aliphatic heterocycles. The van der Waals surface area contributed by atoms with Crippen LogP contribution in [-0.2, 0) is 9.84 Å². The number of nitrogens with two attached hydrogens (primary N) is 1.